The van der Waals surface area contributed by atoms with E-state index in [9.17, 15) is 5.11 Å². The van der Waals surface area contributed by atoms with Crippen LogP contribution in [0.5, 0.6) is 0 Å². The number of aliphatic hydroxyl groups excluding tert-OH is 1. The smallest absolute Gasteiger partial charge is 0.244 e. The van der Waals surface area contributed by atoms with Crippen molar-refractivity contribution >= 4 is 23.2 Å². The van der Waals surface area contributed by atoms with Gasteiger partial charge in [0.25, 0.3) is 0 Å². The van der Waals surface area contributed by atoms with Gasteiger partial charge in [0.2, 0.25) is 11.7 Å². The normalized spacial score (nSPS) is 21.0. The molecule has 1 aliphatic rings. The fourth-order valence-corrected chi connectivity index (χ4v) is 2.81. The van der Waals surface area contributed by atoms with Crippen molar-refractivity contribution in [3.8, 4) is 11.4 Å². The van der Waals surface area contributed by atoms with Crippen LogP contribution in [0.1, 0.15) is 18.4 Å². The predicted octanol–water partition coefficient (Wildman–Crippen LogP) is 2.71. The number of aliphatic hydroxyl groups is 1. The maximum atomic E-state index is 9.57. The average molecular weight is 318 g/mol. The maximum Gasteiger partial charge on any atom is 0.244 e. The molecule has 0 radical (unpaired) electrons. The van der Waals surface area contributed by atoms with Crippen molar-refractivity contribution in [3.05, 3.63) is 48.4 Å². The molecule has 1 aliphatic heterocycles. The van der Waals surface area contributed by atoms with Gasteiger partial charge in [0.05, 0.1) is 12.1 Å². The van der Waals surface area contributed by atoms with E-state index in [0.29, 0.717) is 24.7 Å². The first-order valence-electron chi connectivity index (χ1n) is 7.04. The Hall–Kier alpha value is -1.95. The number of fused-ring (bicyclic) bond motifs is 1. The van der Waals surface area contributed by atoms with Gasteiger partial charge in [0.1, 0.15) is 0 Å². The van der Waals surface area contributed by atoms with Crippen molar-refractivity contribution in [1.29, 1.82) is 0 Å². The highest BCUT2D eigenvalue weighted by Gasteiger charge is 2.28. The van der Waals surface area contributed by atoms with Crippen LogP contribution in [0, 0.1) is 0 Å². The minimum absolute atomic E-state index is 0. The van der Waals surface area contributed by atoms with Gasteiger partial charge in [-0.15, -0.1) is 12.4 Å². The summed E-state index contributed by atoms with van der Waals surface area (Å²) in [5, 5.41) is 19.1. The Morgan fingerprint density at radius 3 is 2.77 bits per heavy atom. The first-order valence-corrected chi connectivity index (χ1v) is 7.04. The summed E-state index contributed by atoms with van der Waals surface area (Å²) in [7, 11) is 0. The molecule has 2 atom stereocenters. The van der Waals surface area contributed by atoms with E-state index in [0.717, 1.165) is 16.3 Å². The van der Waals surface area contributed by atoms with Crippen LogP contribution in [-0.4, -0.2) is 27.9 Å². The summed E-state index contributed by atoms with van der Waals surface area (Å²) in [6.45, 7) is 0.566. The summed E-state index contributed by atoms with van der Waals surface area (Å²) >= 11 is 0. The van der Waals surface area contributed by atoms with Crippen LogP contribution < -0.4 is 5.32 Å². The van der Waals surface area contributed by atoms with Crippen molar-refractivity contribution in [2.24, 2.45) is 0 Å². The van der Waals surface area contributed by atoms with Gasteiger partial charge < -0.3 is 14.9 Å². The minimum atomic E-state index is -0.345. The van der Waals surface area contributed by atoms with Crippen LogP contribution in [0.25, 0.3) is 22.2 Å². The third-order valence-electron chi connectivity index (χ3n) is 3.88. The molecule has 0 bridgehead atoms. The lowest BCUT2D eigenvalue weighted by Gasteiger charge is -2.03. The number of nitrogens with one attached hydrogen (secondary N) is 1. The second-order valence-corrected chi connectivity index (χ2v) is 5.33. The Bertz CT molecular complexity index is 784. The van der Waals surface area contributed by atoms with E-state index in [-0.39, 0.29) is 24.6 Å². The van der Waals surface area contributed by atoms with Gasteiger partial charge in [-0.3, -0.25) is 0 Å². The maximum absolute atomic E-state index is 9.57. The molecule has 114 valence electrons. The summed E-state index contributed by atoms with van der Waals surface area (Å²) < 4.78 is 5.37. The molecule has 2 N–H and O–H groups in total. The molecule has 2 aromatic carbocycles. The summed E-state index contributed by atoms with van der Waals surface area (Å²) in [4.78, 5) is 4.50. The topological polar surface area (TPSA) is 71.2 Å². The van der Waals surface area contributed by atoms with Crippen LogP contribution in [0.4, 0.5) is 0 Å². The van der Waals surface area contributed by atoms with E-state index < -0.39 is 0 Å². The Morgan fingerprint density at radius 2 is 1.95 bits per heavy atom. The molecular weight excluding hydrogens is 302 g/mol. The van der Waals surface area contributed by atoms with E-state index in [2.05, 4.69) is 33.7 Å². The summed E-state index contributed by atoms with van der Waals surface area (Å²) in [6, 6.07) is 14.1. The lowest BCUT2D eigenvalue weighted by Crippen LogP contribution is -2.15. The standard InChI is InChI=1S/C16H15N3O2.ClH/c20-11-8-14(17-9-11)16-18-15(19-21-16)13-7-3-5-10-4-1-2-6-12(10)13;/h1-7,11,14,17,20H,8-9H2;1H/t11-,14+;/m0./s1. The molecule has 0 amide bonds. The highest BCUT2D eigenvalue weighted by atomic mass is 35.5. The third kappa shape index (κ3) is 2.59. The molecule has 0 aliphatic carbocycles. The van der Waals surface area contributed by atoms with E-state index >= 15 is 0 Å². The van der Waals surface area contributed by atoms with E-state index in [1.807, 2.05) is 24.3 Å². The fourth-order valence-electron chi connectivity index (χ4n) is 2.81. The van der Waals surface area contributed by atoms with E-state index in [4.69, 9.17) is 4.52 Å². The van der Waals surface area contributed by atoms with Crippen molar-refractivity contribution in [2.45, 2.75) is 18.6 Å². The van der Waals surface area contributed by atoms with Gasteiger partial charge in [-0.2, -0.15) is 4.98 Å². The SMILES string of the molecule is Cl.O[C@@H]1CN[C@@H](c2nc(-c3cccc4ccccc34)no2)C1. The lowest BCUT2D eigenvalue weighted by molar-refractivity contribution is 0.191. The molecular formula is C16H16ClN3O2. The summed E-state index contributed by atoms with van der Waals surface area (Å²) in [6.07, 6.45) is 0.264. The van der Waals surface area contributed by atoms with Gasteiger partial charge in [-0.05, 0) is 17.2 Å². The second-order valence-electron chi connectivity index (χ2n) is 5.33. The molecule has 1 aromatic heterocycles. The van der Waals surface area contributed by atoms with Crippen LogP contribution >= 0.6 is 12.4 Å². The zero-order chi connectivity index (χ0) is 14.2. The Labute approximate surface area is 133 Å². The molecule has 0 spiro atoms. The molecule has 2 heterocycles. The average Bonchev–Trinajstić information content (AvgIpc) is 3.15. The van der Waals surface area contributed by atoms with Gasteiger partial charge in [-0.1, -0.05) is 47.6 Å². The van der Waals surface area contributed by atoms with Crippen molar-refractivity contribution in [3.63, 3.8) is 0 Å². The molecule has 22 heavy (non-hydrogen) atoms. The molecule has 5 nitrogen and oxygen atoms in total. The monoisotopic (exact) mass is 317 g/mol. The van der Waals surface area contributed by atoms with Gasteiger partial charge in [0.15, 0.2) is 0 Å². The van der Waals surface area contributed by atoms with E-state index in [1.165, 1.54) is 0 Å². The van der Waals surface area contributed by atoms with Crippen LogP contribution in [0.2, 0.25) is 0 Å². The first-order chi connectivity index (χ1) is 10.3. The second kappa shape index (κ2) is 6.04. The van der Waals surface area contributed by atoms with Crippen molar-refractivity contribution in [2.75, 3.05) is 6.54 Å². The molecule has 1 saturated heterocycles. The van der Waals surface area contributed by atoms with E-state index in [1.54, 1.807) is 0 Å². The molecule has 3 aromatic rings. The molecule has 0 saturated carbocycles. The predicted molar refractivity (Wildman–Crippen MR) is 85.9 cm³/mol. The van der Waals surface area contributed by atoms with Crippen LogP contribution in [-0.2, 0) is 0 Å². The van der Waals surface area contributed by atoms with Crippen molar-refractivity contribution in [1.82, 2.24) is 15.5 Å². The summed E-state index contributed by atoms with van der Waals surface area (Å²) in [5.74, 6) is 1.12. The van der Waals surface area contributed by atoms with Crippen LogP contribution in [0.3, 0.4) is 0 Å². The third-order valence-corrected chi connectivity index (χ3v) is 3.88. The van der Waals surface area contributed by atoms with Crippen molar-refractivity contribution < 1.29 is 9.63 Å². The number of halogens is 1. The summed E-state index contributed by atoms with van der Waals surface area (Å²) in [5.41, 5.74) is 0.960. The van der Waals surface area contributed by atoms with Gasteiger partial charge in [0, 0.05) is 12.1 Å². The highest BCUT2D eigenvalue weighted by Crippen LogP contribution is 2.29. The Balaban J connectivity index is 0.00000144. The Morgan fingerprint density at radius 1 is 1.14 bits per heavy atom. The number of β-amino-alcohol motifs (C(OH)–C–C–N with tert-alkyl or cyclic N) is 1. The molecule has 1 fully saturated rings. The number of rotatable bonds is 2. The Kier molecular flexibility index (Phi) is 4.11. The highest BCUT2D eigenvalue weighted by molar-refractivity contribution is 5.94. The zero-order valence-electron chi connectivity index (χ0n) is 11.8. The van der Waals surface area contributed by atoms with Gasteiger partial charge >= 0.3 is 0 Å². The lowest BCUT2D eigenvalue weighted by atomic mass is 10.0. The molecule has 4 rings (SSSR count). The number of hydrogen-bond donors (Lipinski definition) is 2. The number of hydrogen-bond acceptors (Lipinski definition) is 5. The first kappa shape index (κ1) is 15.0. The van der Waals surface area contributed by atoms with Crippen LogP contribution in [0.15, 0.2) is 47.0 Å². The minimum Gasteiger partial charge on any atom is -0.392 e. The largest absolute Gasteiger partial charge is 0.392 e. The molecule has 6 heteroatoms. The fraction of sp³-hybridized carbons (Fsp3) is 0.250. The number of aromatic nitrogens is 2. The zero-order valence-corrected chi connectivity index (χ0v) is 12.6. The number of nitrogens with zero attached hydrogens (tertiary/aromatic N) is 2. The number of benzene rings is 2. The molecule has 0 unspecified atom stereocenters. The quantitative estimate of drug-likeness (QED) is 0.760. The van der Waals surface area contributed by atoms with Gasteiger partial charge in [-0.25, -0.2) is 0 Å².